The van der Waals surface area contributed by atoms with Crippen molar-refractivity contribution in [2.45, 2.75) is 24.0 Å². The summed E-state index contributed by atoms with van der Waals surface area (Å²) in [5.74, 6) is -0.735. The van der Waals surface area contributed by atoms with Crippen LogP contribution < -0.4 is 10.0 Å². The van der Waals surface area contributed by atoms with Gasteiger partial charge in [0.1, 0.15) is 21.1 Å². The number of rotatable bonds is 8. The molecule has 0 bridgehead atoms. The molecule has 1 aliphatic heterocycles. The number of carbonyl (C=O) groups excluding carboxylic acids is 1. The number of halogens is 5. The van der Waals surface area contributed by atoms with Gasteiger partial charge in [0.25, 0.3) is 10.0 Å². The number of nitrogens with one attached hydrogen (secondary N) is 2. The Hall–Kier alpha value is -1.90. The lowest BCUT2D eigenvalue weighted by molar-refractivity contribution is 0.0974. The molecule has 0 saturated heterocycles. The molecular formula is C22H19Cl4FN4O5S2. The second kappa shape index (κ2) is 12.1. The number of amides is 2. The van der Waals surface area contributed by atoms with Crippen LogP contribution >= 0.6 is 57.7 Å². The molecule has 4 rings (SSSR count). The van der Waals surface area contributed by atoms with Gasteiger partial charge in [-0.15, -0.1) is 11.3 Å². The van der Waals surface area contributed by atoms with Crippen molar-refractivity contribution >= 4 is 79.4 Å². The summed E-state index contributed by atoms with van der Waals surface area (Å²) in [6.45, 7) is -0.437. The quantitative estimate of drug-likeness (QED) is 0.328. The minimum atomic E-state index is -4.26. The molecule has 0 fully saturated rings. The van der Waals surface area contributed by atoms with Crippen molar-refractivity contribution in [3.63, 3.8) is 0 Å². The van der Waals surface area contributed by atoms with Gasteiger partial charge in [-0.1, -0.05) is 52.5 Å². The number of benzene rings is 1. The van der Waals surface area contributed by atoms with E-state index in [1.165, 1.54) is 7.11 Å². The Kier molecular flexibility index (Phi) is 9.26. The number of methoxy groups -OCH3 is 1. The highest BCUT2D eigenvalue weighted by molar-refractivity contribution is 7.92. The number of aromatic nitrogens is 2. The molecule has 3 heterocycles. The lowest BCUT2D eigenvalue weighted by Crippen LogP contribution is -2.39. The molecule has 3 aromatic rings. The van der Waals surface area contributed by atoms with E-state index < -0.39 is 28.4 Å². The molecule has 16 heteroatoms. The summed E-state index contributed by atoms with van der Waals surface area (Å²) < 4.78 is 54.2. The fourth-order valence-corrected chi connectivity index (χ4v) is 7.00. The Bertz CT molecular complexity index is 1500. The van der Waals surface area contributed by atoms with Gasteiger partial charge in [0.15, 0.2) is 0 Å². The highest BCUT2D eigenvalue weighted by Gasteiger charge is 2.29. The highest BCUT2D eigenvalue weighted by atomic mass is 35.5. The van der Waals surface area contributed by atoms with Crippen molar-refractivity contribution < 1.29 is 27.1 Å². The third kappa shape index (κ3) is 6.45. The number of fused-ring (bicyclic) bond motifs is 1. The maximum atomic E-state index is 15.4. The molecular weight excluding hydrogens is 625 g/mol. The first-order valence-electron chi connectivity index (χ1n) is 10.7. The van der Waals surface area contributed by atoms with Crippen LogP contribution in [0.2, 0.25) is 19.4 Å². The van der Waals surface area contributed by atoms with Crippen LogP contribution in [0, 0.1) is 0 Å². The lowest BCUT2D eigenvalue weighted by Gasteiger charge is -2.19. The molecule has 1 aromatic carbocycles. The SMILES string of the molecule is COCn1nc(Cc2ccc(Cl)cc2Cl)c2c1COC/C2=C(/F)CNC(=O)NS(=O)(=O)c1cc(Cl)c(Cl)s1. The number of sulfonamides is 1. The summed E-state index contributed by atoms with van der Waals surface area (Å²) in [5.41, 5.74) is 2.50. The average Bonchev–Trinajstić information content (AvgIpc) is 3.39. The minimum Gasteiger partial charge on any atom is -0.370 e. The van der Waals surface area contributed by atoms with Crippen LogP contribution in [0.1, 0.15) is 22.5 Å². The zero-order valence-electron chi connectivity index (χ0n) is 19.5. The van der Waals surface area contributed by atoms with Gasteiger partial charge in [0.05, 0.1) is 36.2 Å². The van der Waals surface area contributed by atoms with Gasteiger partial charge >= 0.3 is 6.03 Å². The minimum absolute atomic E-state index is 0.0334. The third-order valence-corrected chi connectivity index (χ3v) is 9.64. The first-order chi connectivity index (χ1) is 18.0. The monoisotopic (exact) mass is 642 g/mol. The topological polar surface area (TPSA) is 112 Å². The van der Waals surface area contributed by atoms with Crippen LogP contribution in [-0.2, 0) is 39.3 Å². The van der Waals surface area contributed by atoms with E-state index in [1.54, 1.807) is 27.6 Å². The molecule has 0 radical (unpaired) electrons. The number of hydrogen-bond donors (Lipinski definition) is 2. The van der Waals surface area contributed by atoms with E-state index in [2.05, 4.69) is 10.4 Å². The maximum Gasteiger partial charge on any atom is 0.329 e. The molecule has 38 heavy (non-hydrogen) atoms. The molecule has 0 spiro atoms. The molecule has 0 saturated carbocycles. The number of thiophene rings is 1. The van der Waals surface area contributed by atoms with E-state index in [-0.39, 0.29) is 45.5 Å². The largest absolute Gasteiger partial charge is 0.370 e. The van der Waals surface area contributed by atoms with Crippen molar-refractivity contribution in [1.82, 2.24) is 19.8 Å². The predicted octanol–water partition coefficient (Wildman–Crippen LogP) is 5.65. The van der Waals surface area contributed by atoms with Gasteiger partial charge < -0.3 is 14.8 Å². The molecule has 2 amide bonds. The number of ether oxygens (including phenoxy) is 2. The summed E-state index contributed by atoms with van der Waals surface area (Å²) in [5, 5.41) is 7.72. The number of hydrogen-bond acceptors (Lipinski definition) is 7. The molecule has 2 aromatic heterocycles. The summed E-state index contributed by atoms with van der Waals surface area (Å²) in [6.07, 6.45) is 0.268. The Morgan fingerprint density at radius 3 is 2.63 bits per heavy atom. The zero-order valence-corrected chi connectivity index (χ0v) is 24.1. The van der Waals surface area contributed by atoms with Gasteiger partial charge in [0, 0.05) is 34.7 Å². The normalized spacial score (nSPS) is 14.8. The molecule has 2 N–H and O–H groups in total. The van der Waals surface area contributed by atoms with Gasteiger partial charge in [0.2, 0.25) is 0 Å². The molecule has 0 unspecified atom stereocenters. The highest BCUT2D eigenvalue weighted by Crippen LogP contribution is 2.35. The number of nitrogens with zero attached hydrogens (tertiary/aromatic N) is 2. The van der Waals surface area contributed by atoms with Crippen molar-refractivity contribution in [3.8, 4) is 0 Å². The predicted molar refractivity (Wildman–Crippen MR) is 144 cm³/mol. The van der Waals surface area contributed by atoms with E-state index in [1.807, 2.05) is 0 Å². The zero-order chi connectivity index (χ0) is 27.6. The Morgan fingerprint density at radius 1 is 1.21 bits per heavy atom. The van der Waals surface area contributed by atoms with Crippen LogP contribution in [0.3, 0.4) is 0 Å². The van der Waals surface area contributed by atoms with E-state index in [9.17, 15) is 13.2 Å². The summed E-state index contributed by atoms with van der Waals surface area (Å²) in [4.78, 5) is 12.3. The summed E-state index contributed by atoms with van der Waals surface area (Å²) in [7, 11) is -2.76. The number of urea groups is 1. The summed E-state index contributed by atoms with van der Waals surface area (Å²) in [6, 6.07) is 5.02. The van der Waals surface area contributed by atoms with Gasteiger partial charge in [-0.25, -0.2) is 27.0 Å². The van der Waals surface area contributed by atoms with Crippen molar-refractivity contribution in [2.75, 3.05) is 20.3 Å². The van der Waals surface area contributed by atoms with E-state index >= 15 is 4.39 Å². The van der Waals surface area contributed by atoms with Crippen molar-refractivity contribution in [1.29, 1.82) is 0 Å². The molecule has 9 nitrogen and oxygen atoms in total. The van der Waals surface area contributed by atoms with Crippen LogP contribution in [0.15, 0.2) is 34.3 Å². The Labute approximate surface area is 241 Å². The smallest absolute Gasteiger partial charge is 0.329 e. The number of carbonyl (C=O) groups is 1. The van der Waals surface area contributed by atoms with Crippen LogP contribution in [0.5, 0.6) is 0 Å². The average molecular weight is 644 g/mol. The van der Waals surface area contributed by atoms with Crippen LogP contribution in [0.4, 0.5) is 9.18 Å². The fourth-order valence-electron chi connectivity index (χ4n) is 3.71. The van der Waals surface area contributed by atoms with Gasteiger partial charge in [-0.3, -0.25) is 0 Å². The van der Waals surface area contributed by atoms with E-state index in [0.29, 0.717) is 38.3 Å². The van der Waals surface area contributed by atoms with Crippen molar-refractivity contribution in [2.24, 2.45) is 0 Å². The van der Waals surface area contributed by atoms with E-state index in [0.717, 1.165) is 11.6 Å². The van der Waals surface area contributed by atoms with Crippen molar-refractivity contribution in [3.05, 3.63) is 72.0 Å². The van der Waals surface area contributed by atoms with Gasteiger partial charge in [-0.2, -0.15) is 5.10 Å². The van der Waals surface area contributed by atoms with Gasteiger partial charge in [-0.05, 0) is 23.8 Å². The first kappa shape index (κ1) is 29.1. The Morgan fingerprint density at radius 2 is 1.97 bits per heavy atom. The molecule has 204 valence electrons. The Balaban J connectivity index is 1.58. The maximum absolute atomic E-state index is 15.4. The van der Waals surface area contributed by atoms with E-state index in [4.69, 9.17) is 55.9 Å². The third-order valence-electron chi connectivity index (χ3n) is 5.39. The molecule has 0 atom stereocenters. The first-order valence-corrected chi connectivity index (χ1v) is 14.5. The lowest BCUT2D eigenvalue weighted by atomic mass is 9.97. The second-order valence-electron chi connectivity index (χ2n) is 7.95. The molecule has 1 aliphatic rings. The van der Waals surface area contributed by atoms with Crippen LogP contribution in [0.25, 0.3) is 5.57 Å². The fraction of sp³-hybridized carbons (Fsp3) is 0.273. The van der Waals surface area contributed by atoms with Crippen LogP contribution in [-0.4, -0.2) is 44.5 Å². The molecule has 0 aliphatic carbocycles. The standard InChI is InChI=1S/C22H19Cl4FN4O5S2/c1-35-10-31-18-9-36-8-13(20(18)17(29-31)4-11-2-3-12(23)5-14(11)24)16(27)7-28-22(32)30-38(33,34)19-6-15(25)21(26)37-19/h2-3,5-6H,4,7-10H2,1H3,(H2,28,30,32)/b16-13-. The summed E-state index contributed by atoms with van der Waals surface area (Å²) >= 11 is 24.6. The second-order valence-corrected chi connectivity index (χ2v) is 12.8.